The van der Waals surface area contributed by atoms with Crippen molar-refractivity contribution in [3.8, 4) is 0 Å². The molecule has 15 heavy (non-hydrogen) atoms. The van der Waals surface area contributed by atoms with Gasteiger partial charge in [-0.25, -0.2) is 8.42 Å². The number of nitrogens with zero attached hydrogens (tertiary/aromatic N) is 2. The summed E-state index contributed by atoms with van der Waals surface area (Å²) in [4.78, 5) is 10.5. The van der Waals surface area contributed by atoms with Crippen LogP contribution < -0.4 is 5.73 Å². The van der Waals surface area contributed by atoms with Gasteiger partial charge in [0.05, 0.1) is 5.69 Å². The fourth-order valence-corrected chi connectivity index (χ4v) is 1.32. The fraction of sp³-hybridized carbons (Fsp3) is 0.286. The Kier molecular flexibility index (Phi) is 3.01. The molecule has 0 aliphatic carbocycles. The first-order valence-electron chi connectivity index (χ1n) is 3.84. The van der Waals surface area contributed by atoms with Gasteiger partial charge in [0.2, 0.25) is 0 Å². The number of rotatable bonds is 3. The second kappa shape index (κ2) is 3.91. The summed E-state index contributed by atoms with van der Waals surface area (Å²) in [7, 11) is -3.43. The lowest BCUT2D eigenvalue weighted by atomic mass is 10.2. The number of carboxylic acid groups (broad SMARTS) is 1. The van der Waals surface area contributed by atoms with E-state index in [2.05, 4.69) is 10.2 Å². The first-order valence-corrected chi connectivity index (χ1v) is 5.73. The molecule has 3 N–H and O–H groups in total. The quantitative estimate of drug-likeness (QED) is 0.681. The van der Waals surface area contributed by atoms with Gasteiger partial charge >= 0.3 is 5.97 Å². The predicted octanol–water partition coefficient (Wildman–Crippen LogP) is -1.04. The molecule has 0 aliphatic heterocycles. The van der Waals surface area contributed by atoms with E-state index in [-0.39, 0.29) is 10.7 Å². The molecule has 0 spiro atoms. The Hall–Kier alpha value is -1.54. The standard InChI is InChI=1S/C7H9N3O4S/c1-15(13,14)5-3-2-4(9-10-5)6(8)7(11)12/h2-3,6H,8H2,1H3,(H,11,12). The highest BCUT2D eigenvalue weighted by Gasteiger charge is 2.17. The van der Waals surface area contributed by atoms with Crippen molar-refractivity contribution in [3.63, 3.8) is 0 Å². The summed E-state index contributed by atoms with van der Waals surface area (Å²) in [5.74, 6) is -1.25. The van der Waals surface area contributed by atoms with Crippen LogP contribution in [0.15, 0.2) is 17.2 Å². The summed E-state index contributed by atoms with van der Waals surface area (Å²) < 4.78 is 22.0. The molecule has 0 amide bonds. The Balaban J connectivity index is 3.06. The minimum Gasteiger partial charge on any atom is -0.480 e. The maximum Gasteiger partial charge on any atom is 0.326 e. The average molecular weight is 231 g/mol. The van der Waals surface area contributed by atoms with Crippen LogP contribution >= 0.6 is 0 Å². The molecular formula is C7H9N3O4S. The Labute approximate surface area is 85.9 Å². The third kappa shape index (κ3) is 2.70. The lowest BCUT2D eigenvalue weighted by Crippen LogP contribution is -2.22. The predicted molar refractivity (Wildman–Crippen MR) is 49.7 cm³/mol. The molecule has 1 unspecified atom stereocenters. The molecule has 0 radical (unpaired) electrons. The molecule has 82 valence electrons. The van der Waals surface area contributed by atoms with Crippen LogP contribution in [-0.2, 0) is 14.6 Å². The van der Waals surface area contributed by atoms with Crippen LogP contribution in [0.5, 0.6) is 0 Å². The molecule has 1 aromatic heterocycles. The van der Waals surface area contributed by atoms with Gasteiger partial charge < -0.3 is 10.8 Å². The lowest BCUT2D eigenvalue weighted by Gasteiger charge is -2.04. The molecule has 0 saturated heterocycles. The Morgan fingerprint density at radius 2 is 2.07 bits per heavy atom. The Bertz CT molecular complexity index is 468. The smallest absolute Gasteiger partial charge is 0.326 e. The van der Waals surface area contributed by atoms with Crippen LogP contribution in [0.25, 0.3) is 0 Å². The van der Waals surface area contributed by atoms with E-state index >= 15 is 0 Å². The van der Waals surface area contributed by atoms with Crippen LogP contribution in [0.1, 0.15) is 11.7 Å². The number of nitrogens with two attached hydrogens (primary N) is 1. The van der Waals surface area contributed by atoms with Gasteiger partial charge in [-0.05, 0) is 12.1 Å². The van der Waals surface area contributed by atoms with Crippen LogP contribution in [0.3, 0.4) is 0 Å². The summed E-state index contributed by atoms with van der Waals surface area (Å²) in [6.07, 6.45) is 0.980. The molecule has 0 bridgehead atoms. The lowest BCUT2D eigenvalue weighted by molar-refractivity contribution is -0.138. The molecule has 1 rings (SSSR count). The highest BCUT2D eigenvalue weighted by atomic mass is 32.2. The topological polar surface area (TPSA) is 123 Å². The van der Waals surface area contributed by atoms with Crippen molar-refractivity contribution in [1.29, 1.82) is 0 Å². The van der Waals surface area contributed by atoms with Gasteiger partial charge in [0.1, 0.15) is 6.04 Å². The van der Waals surface area contributed by atoms with Gasteiger partial charge in [-0.2, -0.15) is 5.10 Å². The third-order valence-corrected chi connectivity index (χ3v) is 2.60. The SMILES string of the molecule is CS(=O)(=O)c1ccc(C(N)C(=O)O)nn1. The first kappa shape index (κ1) is 11.5. The van der Waals surface area contributed by atoms with Gasteiger partial charge in [-0.15, -0.1) is 5.10 Å². The van der Waals surface area contributed by atoms with Gasteiger partial charge in [0, 0.05) is 6.26 Å². The zero-order chi connectivity index (χ0) is 11.6. The number of aromatic nitrogens is 2. The second-order valence-corrected chi connectivity index (χ2v) is 4.85. The Morgan fingerprint density at radius 3 is 2.40 bits per heavy atom. The summed E-state index contributed by atoms with van der Waals surface area (Å²) in [6, 6.07) is 1.09. The van der Waals surface area contributed by atoms with Crippen molar-refractivity contribution in [3.05, 3.63) is 17.8 Å². The summed E-state index contributed by atoms with van der Waals surface area (Å²) in [5, 5.41) is 15.1. The summed E-state index contributed by atoms with van der Waals surface area (Å²) in [6.45, 7) is 0. The van der Waals surface area contributed by atoms with E-state index in [1.165, 1.54) is 12.1 Å². The highest BCUT2D eigenvalue weighted by Crippen LogP contribution is 2.09. The van der Waals surface area contributed by atoms with Gasteiger partial charge in [0.25, 0.3) is 0 Å². The first-order chi connectivity index (χ1) is 6.82. The van der Waals surface area contributed by atoms with Crippen LogP contribution in [0.2, 0.25) is 0 Å². The summed E-state index contributed by atoms with van der Waals surface area (Å²) in [5.41, 5.74) is 5.25. The molecule has 8 heteroatoms. The molecule has 0 aliphatic rings. The van der Waals surface area contributed by atoms with Gasteiger partial charge in [-0.1, -0.05) is 0 Å². The third-order valence-electron chi connectivity index (χ3n) is 1.63. The number of carbonyl (C=O) groups is 1. The molecule has 7 nitrogen and oxygen atoms in total. The Morgan fingerprint density at radius 1 is 1.47 bits per heavy atom. The van der Waals surface area contributed by atoms with E-state index in [9.17, 15) is 13.2 Å². The van der Waals surface area contributed by atoms with Crippen LogP contribution in [0.4, 0.5) is 0 Å². The maximum absolute atomic E-state index is 11.0. The molecule has 1 atom stereocenters. The number of aliphatic carboxylic acids is 1. The van der Waals surface area contributed by atoms with E-state index in [1.54, 1.807) is 0 Å². The monoisotopic (exact) mass is 231 g/mol. The van der Waals surface area contributed by atoms with E-state index in [0.717, 1.165) is 6.26 Å². The largest absolute Gasteiger partial charge is 0.480 e. The average Bonchev–Trinajstić information content (AvgIpc) is 2.15. The van der Waals surface area contributed by atoms with E-state index in [0.29, 0.717) is 0 Å². The van der Waals surface area contributed by atoms with Crippen molar-refractivity contribution >= 4 is 15.8 Å². The molecule has 0 fully saturated rings. The second-order valence-electron chi connectivity index (χ2n) is 2.88. The van der Waals surface area contributed by atoms with Gasteiger partial charge in [-0.3, -0.25) is 4.79 Å². The molecule has 0 saturated carbocycles. The van der Waals surface area contributed by atoms with Crippen molar-refractivity contribution in [1.82, 2.24) is 10.2 Å². The van der Waals surface area contributed by atoms with Crippen LogP contribution in [-0.4, -0.2) is 35.9 Å². The summed E-state index contributed by atoms with van der Waals surface area (Å²) >= 11 is 0. The highest BCUT2D eigenvalue weighted by molar-refractivity contribution is 7.90. The molecule has 1 aromatic rings. The van der Waals surface area contributed by atoms with Crippen molar-refractivity contribution in [2.45, 2.75) is 11.1 Å². The molecule has 0 aromatic carbocycles. The van der Waals surface area contributed by atoms with E-state index < -0.39 is 21.8 Å². The van der Waals surface area contributed by atoms with Crippen molar-refractivity contribution in [2.24, 2.45) is 5.73 Å². The van der Waals surface area contributed by atoms with E-state index in [1.807, 2.05) is 0 Å². The number of carboxylic acids is 1. The van der Waals surface area contributed by atoms with Crippen molar-refractivity contribution < 1.29 is 18.3 Å². The number of hydrogen-bond donors (Lipinski definition) is 2. The van der Waals surface area contributed by atoms with Crippen LogP contribution in [0, 0.1) is 0 Å². The van der Waals surface area contributed by atoms with E-state index in [4.69, 9.17) is 10.8 Å². The van der Waals surface area contributed by atoms with Crippen molar-refractivity contribution in [2.75, 3.05) is 6.26 Å². The minimum atomic E-state index is -3.43. The maximum atomic E-state index is 11.0. The number of hydrogen-bond acceptors (Lipinski definition) is 6. The van der Waals surface area contributed by atoms with Gasteiger partial charge in [0.15, 0.2) is 14.9 Å². The minimum absolute atomic E-state index is 0.00917. The normalized spacial score (nSPS) is 13.5. The molecular weight excluding hydrogens is 222 g/mol. The zero-order valence-electron chi connectivity index (χ0n) is 7.78. The number of sulfone groups is 1. The zero-order valence-corrected chi connectivity index (χ0v) is 8.60. The fourth-order valence-electron chi connectivity index (χ4n) is 0.820. The molecule has 1 heterocycles.